The van der Waals surface area contributed by atoms with E-state index in [4.69, 9.17) is 18.6 Å². The van der Waals surface area contributed by atoms with Gasteiger partial charge in [0.15, 0.2) is 0 Å². The van der Waals surface area contributed by atoms with Gasteiger partial charge < -0.3 is 0 Å². The van der Waals surface area contributed by atoms with Gasteiger partial charge in [-0.25, -0.2) is 18.6 Å². The van der Waals surface area contributed by atoms with Gasteiger partial charge in [0.05, 0.1) is 0 Å². The SMILES string of the molecule is [O-][Cl+3]([O-])([O-])[O-].c1ccc(-c2ccc3c([se+]2)CCCC3)cc1. The standard InChI is InChI=1S/C15H15Se.ClHO4/c1-2-6-12(7-3-1)15-11-10-13-8-4-5-9-14(13)16-15;2-1(3,4)5/h1-3,6-7,10-11H,4-5,8-9H2;(H,2,3,4,5)/q+1;/p-1. The van der Waals surface area contributed by atoms with Gasteiger partial charge in [-0.3, -0.25) is 0 Å². The second-order valence-corrected chi connectivity index (χ2v) is 7.84. The molecular formula is C15H15ClO4Se. The van der Waals surface area contributed by atoms with Crippen molar-refractivity contribution in [3.05, 3.63) is 52.5 Å². The van der Waals surface area contributed by atoms with Crippen LogP contribution < -0.4 is 18.6 Å². The van der Waals surface area contributed by atoms with Crippen LogP contribution in [-0.2, 0) is 12.8 Å². The van der Waals surface area contributed by atoms with Gasteiger partial charge in [0.2, 0.25) is 0 Å². The maximum atomic E-state index is 8.49. The number of halogens is 1. The van der Waals surface area contributed by atoms with E-state index in [1.807, 2.05) is 0 Å². The first kappa shape index (κ1) is 16.6. The zero-order valence-corrected chi connectivity index (χ0v) is 13.8. The Kier molecular flexibility index (Phi) is 5.90. The third-order valence-electron chi connectivity index (χ3n) is 3.19. The molecule has 112 valence electrons. The van der Waals surface area contributed by atoms with Crippen molar-refractivity contribution >= 4 is 14.5 Å². The topological polar surface area (TPSA) is 92.2 Å². The number of rotatable bonds is 1. The predicted molar refractivity (Wildman–Crippen MR) is 69.9 cm³/mol. The van der Waals surface area contributed by atoms with Crippen molar-refractivity contribution < 1.29 is 28.9 Å². The summed E-state index contributed by atoms with van der Waals surface area (Å²) in [6.07, 6.45) is 5.45. The molecule has 1 aromatic carbocycles. The van der Waals surface area contributed by atoms with E-state index in [2.05, 4.69) is 42.5 Å². The molecule has 1 aliphatic carbocycles. The molecule has 3 rings (SSSR count). The van der Waals surface area contributed by atoms with Crippen LogP contribution in [0.15, 0.2) is 42.5 Å². The van der Waals surface area contributed by atoms with E-state index >= 15 is 0 Å². The van der Waals surface area contributed by atoms with Gasteiger partial charge in [-0.15, -0.1) is 10.2 Å². The Hall–Kier alpha value is -0.781. The van der Waals surface area contributed by atoms with E-state index in [1.54, 1.807) is 14.4 Å². The Morgan fingerprint density at radius 3 is 2.10 bits per heavy atom. The summed E-state index contributed by atoms with van der Waals surface area (Å²) in [5, 5.41) is 0. The summed E-state index contributed by atoms with van der Waals surface area (Å²) in [5.74, 6) is 0. The number of aryl methyl sites for hydroxylation is 2. The molecule has 0 aliphatic heterocycles. The van der Waals surface area contributed by atoms with Crippen LogP contribution in [0.1, 0.15) is 22.8 Å². The van der Waals surface area contributed by atoms with Crippen molar-refractivity contribution in [2.45, 2.75) is 25.7 Å². The molecule has 0 N–H and O–H groups in total. The molecular weight excluding hydrogens is 359 g/mol. The molecule has 0 fully saturated rings. The van der Waals surface area contributed by atoms with Crippen LogP contribution in [-0.4, -0.2) is 14.5 Å². The molecule has 21 heavy (non-hydrogen) atoms. The van der Waals surface area contributed by atoms with Crippen LogP contribution >= 0.6 is 0 Å². The van der Waals surface area contributed by atoms with Crippen LogP contribution in [0.25, 0.3) is 10.0 Å². The van der Waals surface area contributed by atoms with E-state index in [0.717, 1.165) is 0 Å². The monoisotopic (exact) mass is 374 g/mol. The fourth-order valence-electron chi connectivity index (χ4n) is 2.29. The molecule has 1 aromatic heterocycles. The molecule has 0 saturated carbocycles. The Labute approximate surface area is 131 Å². The molecule has 0 amide bonds. The number of hydrogen-bond donors (Lipinski definition) is 0. The molecule has 0 saturated heterocycles. The fraction of sp³-hybridized carbons (Fsp3) is 0.267. The van der Waals surface area contributed by atoms with Crippen molar-refractivity contribution in [1.29, 1.82) is 0 Å². The van der Waals surface area contributed by atoms with Crippen LogP contribution in [0, 0.1) is 10.2 Å². The molecule has 1 heterocycles. The number of hydrogen-bond acceptors (Lipinski definition) is 4. The minimum atomic E-state index is -4.94. The van der Waals surface area contributed by atoms with Crippen LogP contribution in [0.5, 0.6) is 0 Å². The zero-order chi connectivity index (χ0) is 15.3. The summed E-state index contributed by atoms with van der Waals surface area (Å²) in [6, 6.07) is 15.5. The van der Waals surface area contributed by atoms with Gasteiger partial charge in [0, 0.05) is 0 Å². The summed E-state index contributed by atoms with van der Waals surface area (Å²) >= 11 is 0.575. The van der Waals surface area contributed by atoms with Crippen LogP contribution in [0.3, 0.4) is 0 Å². The first-order valence-electron chi connectivity index (χ1n) is 6.55. The second-order valence-electron chi connectivity index (χ2n) is 4.70. The molecule has 0 radical (unpaired) electrons. The number of fused-ring (bicyclic) bond motifs is 1. The van der Waals surface area contributed by atoms with Gasteiger partial charge in [-0.2, -0.15) is 0 Å². The van der Waals surface area contributed by atoms with Crippen molar-refractivity contribution in [2.24, 2.45) is 0 Å². The zero-order valence-electron chi connectivity index (χ0n) is 11.3. The molecule has 0 bridgehead atoms. The van der Waals surface area contributed by atoms with Gasteiger partial charge >= 0.3 is 103 Å². The molecule has 0 atom stereocenters. The molecule has 6 heteroatoms. The van der Waals surface area contributed by atoms with Crippen LogP contribution in [0.2, 0.25) is 0 Å². The summed E-state index contributed by atoms with van der Waals surface area (Å²) in [6.45, 7) is 0. The van der Waals surface area contributed by atoms with Gasteiger partial charge in [-0.1, -0.05) is 0 Å². The van der Waals surface area contributed by atoms with Crippen molar-refractivity contribution in [3.8, 4) is 10.0 Å². The molecule has 0 spiro atoms. The minimum absolute atomic E-state index is 0.575. The average molecular weight is 374 g/mol. The molecule has 4 nitrogen and oxygen atoms in total. The van der Waals surface area contributed by atoms with Crippen molar-refractivity contribution in [1.82, 2.24) is 0 Å². The second kappa shape index (κ2) is 7.47. The normalized spacial score (nSPS) is 13.9. The molecule has 2 aromatic rings. The summed E-state index contributed by atoms with van der Waals surface area (Å²) in [7, 11) is -4.94. The Morgan fingerprint density at radius 2 is 1.43 bits per heavy atom. The first-order chi connectivity index (χ1) is 9.93. The molecule has 0 unspecified atom stereocenters. The third kappa shape index (κ3) is 5.85. The van der Waals surface area contributed by atoms with E-state index in [9.17, 15) is 0 Å². The summed E-state index contributed by atoms with van der Waals surface area (Å²) < 4.78 is 37.3. The number of benzene rings is 1. The van der Waals surface area contributed by atoms with Gasteiger partial charge in [0.25, 0.3) is 0 Å². The van der Waals surface area contributed by atoms with Gasteiger partial charge in [0.1, 0.15) is 0 Å². The summed E-state index contributed by atoms with van der Waals surface area (Å²) in [5.41, 5.74) is 3.06. The Balaban J connectivity index is 0.000000282. The van der Waals surface area contributed by atoms with Crippen LogP contribution in [0.4, 0.5) is 0 Å². The van der Waals surface area contributed by atoms with E-state index in [-0.39, 0.29) is 0 Å². The Morgan fingerprint density at radius 1 is 0.810 bits per heavy atom. The third-order valence-corrected chi connectivity index (χ3v) is 5.92. The average Bonchev–Trinajstić information content (AvgIpc) is 2.46. The maximum absolute atomic E-state index is 8.49. The van der Waals surface area contributed by atoms with E-state index in [0.29, 0.717) is 14.5 Å². The van der Waals surface area contributed by atoms with Crippen molar-refractivity contribution in [2.75, 3.05) is 0 Å². The molecule has 1 aliphatic rings. The quantitative estimate of drug-likeness (QED) is 0.588. The van der Waals surface area contributed by atoms with Crippen molar-refractivity contribution in [3.63, 3.8) is 0 Å². The fourth-order valence-corrected chi connectivity index (χ4v) is 4.82. The van der Waals surface area contributed by atoms with Gasteiger partial charge in [-0.05, 0) is 0 Å². The Bertz CT molecular complexity index is 578. The first-order valence-corrected chi connectivity index (χ1v) is 9.50. The summed E-state index contributed by atoms with van der Waals surface area (Å²) in [4.78, 5) is 0. The predicted octanol–water partition coefficient (Wildman–Crippen LogP) is -1.19. The van der Waals surface area contributed by atoms with E-state index in [1.165, 1.54) is 31.2 Å². The van der Waals surface area contributed by atoms with E-state index < -0.39 is 10.2 Å².